The van der Waals surface area contributed by atoms with Gasteiger partial charge in [0.2, 0.25) is 6.29 Å². The zero-order chi connectivity index (χ0) is 10.3. The van der Waals surface area contributed by atoms with E-state index in [-0.39, 0.29) is 6.02 Å². The van der Waals surface area contributed by atoms with Gasteiger partial charge in [-0.1, -0.05) is 5.16 Å². The molecule has 1 atom stereocenters. The van der Waals surface area contributed by atoms with Gasteiger partial charge in [0.05, 0.1) is 6.02 Å². The average molecular weight is 189 g/mol. The van der Waals surface area contributed by atoms with E-state index in [0.29, 0.717) is 13.1 Å². The predicted molar refractivity (Wildman–Crippen MR) is 47.9 cm³/mol. The first-order valence-electron chi connectivity index (χ1n) is 4.34. The van der Waals surface area contributed by atoms with Crippen molar-refractivity contribution in [1.29, 1.82) is 0 Å². The summed E-state index contributed by atoms with van der Waals surface area (Å²) < 4.78 is 4.76. The van der Waals surface area contributed by atoms with Crippen LogP contribution in [0.4, 0.5) is 0 Å². The van der Waals surface area contributed by atoms with Gasteiger partial charge in [0.15, 0.2) is 0 Å². The molecule has 0 N–H and O–H groups in total. The molecule has 5 heteroatoms. The van der Waals surface area contributed by atoms with Crippen LogP contribution in [0, 0.1) is 0 Å². The van der Waals surface area contributed by atoms with E-state index in [0.717, 1.165) is 0 Å². The summed E-state index contributed by atoms with van der Waals surface area (Å²) in [7, 11) is 1.49. The van der Waals surface area contributed by atoms with Gasteiger partial charge in [-0.2, -0.15) is 0 Å². The third kappa shape index (κ3) is 4.57. The lowest BCUT2D eigenvalue weighted by Gasteiger charge is -2.26. The van der Waals surface area contributed by atoms with Crippen LogP contribution in [0.1, 0.15) is 20.8 Å². The summed E-state index contributed by atoms with van der Waals surface area (Å²) in [6.45, 7) is 6.69. The molecule has 0 aromatic rings. The molecule has 0 saturated heterocycles. The molecule has 0 aromatic carbocycles. The van der Waals surface area contributed by atoms with Gasteiger partial charge in [-0.25, -0.2) is 0 Å². The zero-order valence-electron chi connectivity index (χ0n) is 8.61. The first-order chi connectivity index (χ1) is 6.15. The molecule has 0 spiro atoms. The number of amidine groups is 1. The minimum Gasteiger partial charge on any atom is -0.844 e. The lowest BCUT2D eigenvalue weighted by atomic mass is 10.5. The summed E-state index contributed by atoms with van der Waals surface area (Å²) in [5.41, 5.74) is 0. The molecule has 78 valence electrons. The van der Waals surface area contributed by atoms with Crippen LogP contribution < -0.4 is 5.11 Å². The molecule has 0 aromatic heterocycles. The standard InChI is InChI=1S/C8H18N2O3/c1-5-10(6-2)8(11)9-13-7(3)12-4/h7H,5-6H2,1-4H3,(H,9,11)/p-1. The molecule has 0 heterocycles. The van der Waals surface area contributed by atoms with Crippen molar-refractivity contribution in [2.45, 2.75) is 27.1 Å². The van der Waals surface area contributed by atoms with Crippen LogP contribution in [0.2, 0.25) is 0 Å². The second-order valence-electron chi connectivity index (χ2n) is 2.45. The molecule has 0 radical (unpaired) electrons. The van der Waals surface area contributed by atoms with E-state index in [2.05, 4.69) is 5.16 Å². The molecule has 5 nitrogen and oxygen atoms in total. The van der Waals surface area contributed by atoms with Crippen molar-refractivity contribution < 1.29 is 14.7 Å². The lowest BCUT2D eigenvalue weighted by Crippen LogP contribution is -2.40. The second kappa shape index (κ2) is 6.54. The predicted octanol–water partition coefficient (Wildman–Crippen LogP) is -0.0315. The van der Waals surface area contributed by atoms with E-state index in [9.17, 15) is 5.11 Å². The van der Waals surface area contributed by atoms with Gasteiger partial charge in [-0.3, -0.25) is 0 Å². The zero-order valence-corrected chi connectivity index (χ0v) is 8.61. The van der Waals surface area contributed by atoms with Crippen LogP contribution in [0.5, 0.6) is 0 Å². The minimum absolute atomic E-state index is 0.367. The fourth-order valence-electron chi connectivity index (χ4n) is 0.714. The molecule has 0 fully saturated rings. The Bertz CT molecular complexity index is 157. The Morgan fingerprint density at radius 3 is 2.38 bits per heavy atom. The van der Waals surface area contributed by atoms with Gasteiger partial charge in [0, 0.05) is 27.1 Å². The number of rotatable bonds is 5. The molecule has 13 heavy (non-hydrogen) atoms. The van der Waals surface area contributed by atoms with Gasteiger partial charge >= 0.3 is 0 Å². The third-order valence-electron chi connectivity index (χ3n) is 1.65. The molecule has 0 aliphatic heterocycles. The number of oxime groups is 1. The van der Waals surface area contributed by atoms with Gasteiger partial charge in [-0.15, -0.1) is 0 Å². The fraction of sp³-hybridized carbons (Fsp3) is 0.875. The molecule has 0 aliphatic carbocycles. The molecular formula is C8H17N2O3-. The normalized spacial score (nSPS) is 14.0. The quantitative estimate of drug-likeness (QED) is 0.264. The van der Waals surface area contributed by atoms with Crippen LogP contribution in [0.3, 0.4) is 0 Å². The summed E-state index contributed by atoms with van der Waals surface area (Å²) in [5.74, 6) is 0. The summed E-state index contributed by atoms with van der Waals surface area (Å²) >= 11 is 0. The Morgan fingerprint density at radius 1 is 1.46 bits per heavy atom. The van der Waals surface area contributed by atoms with E-state index in [1.807, 2.05) is 13.8 Å². The Kier molecular flexibility index (Phi) is 6.05. The third-order valence-corrected chi connectivity index (χ3v) is 1.65. The van der Waals surface area contributed by atoms with Crippen molar-refractivity contribution in [1.82, 2.24) is 4.90 Å². The van der Waals surface area contributed by atoms with Crippen molar-refractivity contribution in [2.24, 2.45) is 5.16 Å². The van der Waals surface area contributed by atoms with Crippen molar-refractivity contribution in [3.63, 3.8) is 0 Å². The van der Waals surface area contributed by atoms with E-state index in [1.54, 1.807) is 11.8 Å². The number of nitrogens with zero attached hydrogens (tertiary/aromatic N) is 2. The molecule has 0 rings (SSSR count). The molecule has 0 aliphatic rings. The van der Waals surface area contributed by atoms with E-state index in [4.69, 9.17) is 9.57 Å². The Morgan fingerprint density at radius 2 is 2.00 bits per heavy atom. The van der Waals surface area contributed by atoms with Crippen LogP contribution >= 0.6 is 0 Å². The first kappa shape index (κ1) is 12.0. The highest BCUT2D eigenvalue weighted by atomic mass is 16.8. The largest absolute Gasteiger partial charge is 0.844 e. The van der Waals surface area contributed by atoms with Gasteiger partial charge < -0.3 is 19.6 Å². The SMILES string of the molecule is CCN(CC)/C([O-])=N/OC(C)OC. The highest BCUT2D eigenvalue weighted by Gasteiger charge is 1.99. The van der Waals surface area contributed by atoms with Gasteiger partial charge in [0.1, 0.15) is 0 Å². The number of hydrogen-bond donors (Lipinski definition) is 0. The van der Waals surface area contributed by atoms with Crippen LogP contribution in [-0.2, 0) is 9.57 Å². The number of ether oxygens (including phenoxy) is 1. The second-order valence-corrected chi connectivity index (χ2v) is 2.45. The fourth-order valence-corrected chi connectivity index (χ4v) is 0.714. The Balaban J connectivity index is 3.98. The van der Waals surface area contributed by atoms with E-state index in [1.165, 1.54) is 7.11 Å². The number of hydrogen-bond acceptors (Lipinski definition) is 4. The molecule has 0 bridgehead atoms. The maximum absolute atomic E-state index is 11.2. The smallest absolute Gasteiger partial charge is 0.223 e. The highest BCUT2D eigenvalue weighted by molar-refractivity contribution is 5.68. The molecule has 0 saturated carbocycles. The number of methoxy groups -OCH3 is 1. The summed E-state index contributed by atoms with van der Waals surface area (Å²) in [6.07, 6.45) is -0.487. The summed E-state index contributed by atoms with van der Waals surface area (Å²) in [6, 6.07) is -0.367. The van der Waals surface area contributed by atoms with E-state index >= 15 is 0 Å². The lowest BCUT2D eigenvalue weighted by molar-refractivity contribution is -0.244. The monoisotopic (exact) mass is 189 g/mol. The van der Waals surface area contributed by atoms with Crippen molar-refractivity contribution in [2.75, 3.05) is 20.2 Å². The van der Waals surface area contributed by atoms with Crippen LogP contribution in [0.15, 0.2) is 5.16 Å². The highest BCUT2D eigenvalue weighted by Crippen LogP contribution is 1.93. The minimum atomic E-state index is -0.487. The van der Waals surface area contributed by atoms with Gasteiger partial charge in [-0.05, 0) is 13.8 Å². The average Bonchev–Trinajstić information content (AvgIpc) is 2.16. The molecule has 1 unspecified atom stereocenters. The summed E-state index contributed by atoms with van der Waals surface area (Å²) in [4.78, 5) is 6.31. The maximum atomic E-state index is 11.2. The Labute approximate surface area is 78.9 Å². The van der Waals surface area contributed by atoms with Crippen molar-refractivity contribution >= 4 is 6.02 Å². The summed E-state index contributed by atoms with van der Waals surface area (Å²) in [5, 5.41) is 14.6. The van der Waals surface area contributed by atoms with Crippen LogP contribution in [0.25, 0.3) is 0 Å². The van der Waals surface area contributed by atoms with Crippen LogP contribution in [-0.4, -0.2) is 37.4 Å². The topological polar surface area (TPSA) is 57.1 Å². The van der Waals surface area contributed by atoms with Gasteiger partial charge in [0.25, 0.3) is 0 Å². The van der Waals surface area contributed by atoms with Crippen molar-refractivity contribution in [3.8, 4) is 0 Å². The van der Waals surface area contributed by atoms with Crippen molar-refractivity contribution in [3.05, 3.63) is 0 Å². The first-order valence-corrected chi connectivity index (χ1v) is 4.34. The molecular weight excluding hydrogens is 172 g/mol. The van der Waals surface area contributed by atoms with E-state index < -0.39 is 6.29 Å². The maximum Gasteiger partial charge on any atom is 0.223 e. The molecule has 0 amide bonds. The Hall–Kier alpha value is -0.970.